The molecule has 0 amide bonds. The van der Waals surface area contributed by atoms with Crippen LogP contribution in [0.5, 0.6) is 5.75 Å². The van der Waals surface area contributed by atoms with Gasteiger partial charge in [-0.25, -0.2) is 0 Å². The molecule has 5 nitrogen and oxygen atoms in total. The van der Waals surface area contributed by atoms with Gasteiger partial charge in [0.1, 0.15) is 24.1 Å². The number of Topliss-reactive ketones (excluding diaryl/α,β-unsaturated/α-hetero) is 1. The van der Waals surface area contributed by atoms with Crippen LogP contribution in [-0.4, -0.2) is 21.8 Å². The van der Waals surface area contributed by atoms with Crippen molar-refractivity contribution >= 4 is 11.8 Å². The van der Waals surface area contributed by atoms with E-state index >= 15 is 0 Å². The number of hydrogen-bond acceptors (Lipinski definition) is 4. The molecule has 5 heteroatoms. The maximum Gasteiger partial charge on any atom is 0.310 e. The zero-order valence-corrected chi connectivity index (χ0v) is 11.3. The number of carbonyl (C=O) groups excluding carboxylic acids is 1. The fourth-order valence-corrected chi connectivity index (χ4v) is 1.88. The molecule has 21 heavy (non-hydrogen) atoms. The van der Waals surface area contributed by atoms with Gasteiger partial charge in [-0.3, -0.25) is 14.6 Å². The fourth-order valence-electron chi connectivity index (χ4n) is 1.88. The predicted octanol–water partition coefficient (Wildman–Crippen LogP) is 2.64. The van der Waals surface area contributed by atoms with E-state index in [1.165, 1.54) is 0 Å². The van der Waals surface area contributed by atoms with Crippen molar-refractivity contribution in [3.8, 4) is 5.75 Å². The molecule has 2 aromatic rings. The monoisotopic (exact) mass is 285 g/mol. The molecular formula is C16H15NO4. The molecule has 1 unspecified atom stereocenters. The molecule has 108 valence electrons. The highest BCUT2D eigenvalue weighted by atomic mass is 16.5. The Hall–Kier alpha value is -2.69. The van der Waals surface area contributed by atoms with Crippen molar-refractivity contribution in [2.75, 3.05) is 0 Å². The third kappa shape index (κ3) is 4.72. The highest BCUT2D eigenvalue weighted by molar-refractivity contribution is 5.94. The first-order valence-electron chi connectivity index (χ1n) is 6.51. The van der Waals surface area contributed by atoms with Gasteiger partial charge >= 0.3 is 5.97 Å². The van der Waals surface area contributed by atoms with Crippen LogP contribution in [0.15, 0.2) is 54.7 Å². The van der Waals surface area contributed by atoms with Gasteiger partial charge in [-0.15, -0.1) is 0 Å². The smallest absolute Gasteiger partial charge is 0.310 e. The number of carbonyl (C=O) groups is 2. The van der Waals surface area contributed by atoms with Crippen LogP contribution in [0.3, 0.4) is 0 Å². The summed E-state index contributed by atoms with van der Waals surface area (Å²) in [4.78, 5) is 26.5. The van der Waals surface area contributed by atoms with Gasteiger partial charge in [-0.2, -0.15) is 0 Å². The van der Waals surface area contributed by atoms with Gasteiger partial charge in [0.2, 0.25) is 0 Å². The third-order valence-electron chi connectivity index (χ3n) is 2.80. The third-order valence-corrected chi connectivity index (χ3v) is 2.80. The molecule has 0 saturated heterocycles. The number of carboxylic acid groups (broad SMARTS) is 1. The number of hydrogen-bond donors (Lipinski definition) is 1. The van der Waals surface area contributed by atoms with Crippen LogP contribution in [0.25, 0.3) is 0 Å². The predicted molar refractivity (Wildman–Crippen MR) is 75.9 cm³/mol. The Labute approximate surface area is 122 Å². The summed E-state index contributed by atoms with van der Waals surface area (Å²) in [5.74, 6) is -0.926. The van der Waals surface area contributed by atoms with E-state index in [4.69, 9.17) is 9.84 Å². The maximum absolute atomic E-state index is 11.7. The first kappa shape index (κ1) is 14.7. The van der Waals surface area contributed by atoms with Crippen molar-refractivity contribution in [3.63, 3.8) is 0 Å². The number of ether oxygens (including phenoxy) is 1. The number of carboxylic acids is 1. The maximum atomic E-state index is 11.7. The molecule has 1 heterocycles. The standard InChI is InChI=1S/C16H15NO4/c18-12(11-16(19)20)10-15(14-8-4-5-9-17-14)21-13-6-2-1-3-7-13/h1-9,15H,10-11H2,(H,19,20). The molecule has 1 atom stereocenters. The average molecular weight is 285 g/mol. The summed E-state index contributed by atoms with van der Waals surface area (Å²) in [6.45, 7) is 0. The minimum atomic E-state index is -1.14. The molecule has 0 bridgehead atoms. The SMILES string of the molecule is O=C(O)CC(=O)CC(Oc1ccccc1)c1ccccn1. The number of nitrogens with zero attached hydrogens (tertiary/aromatic N) is 1. The molecule has 0 aliphatic rings. The van der Waals surface area contributed by atoms with Crippen LogP contribution >= 0.6 is 0 Å². The van der Waals surface area contributed by atoms with Gasteiger partial charge in [0.05, 0.1) is 5.69 Å². The number of rotatable bonds is 7. The summed E-state index contributed by atoms with van der Waals surface area (Å²) in [7, 11) is 0. The lowest BCUT2D eigenvalue weighted by atomic mass is 10.1. The number of ketones is 1. The lowest BCUT2D eigenvalue weighted by molar-refractivity contribution is -0.140. The summed E-state index contributed by atoms with van der Waals surface area (Å²) in [6, 6.07) is 14.4. The Morgan fingerprint density at radius 3 is 2.43 bits per heavy atom. The summed E-state index contributed by atoms with van der Waals surface area (Å²) < 4.78 is 5.78. The molecular weight excluding hydrogens is 270 g/mol. The van der Waals surface area contributed by atoms with Gasteiger partial charge in [0, 0.05) is 12.6 Å². The summed E-state index contributed by atoms with van der Waals surface area (Å²) >= 11 is 0. The van der Waals surface area contributed by atoms with E-state index in [0.717, 1.165) is 0 Å². The van der Waals surface area contributed by atoms with Crippen LogP contribution in [-0.2, 0) is 9.59 Å². The highest BCUT2D eigenvalue weighted by Crippen LogP contribution is 2.23. The second-order valence-electron chi connectivity index (χ2n) is 4.49. The zero-order valence-electron chi connectivity index (χ0n) is 11.3. The van der Waals surface area contributed by atoms with E-state index in [-0.39, 0.29) is 6.42 Å². The number of aromatic nitrogens is 1. The Kier molecular flexibility index (Phi) is 5.04. The van der Waals surface area contributed by atoms with Gasteiger partial charge < -0.3 is 9.84 Å². The molecule has 0 radical (unpaired) electrons. The Balaban J connectivity index is 2.15. The second-order valence-corrected chi connectivity index (χ2v) is 4.49. The van der Waals surface area contributed by atoms with E-state index in [1.54, 1.807) is 36.5 Å². The van der Waals surface area contributed by atoms with Crippen molar-refractivity contribution < 1.29 is 19.4 Å². The van der Waals surface area contributed by atoms with Crippen molar-refractivity contribution in [2.45, 2.75) is 18.9 Å². The molecule has 1 aromatic carbocycles. The van der Waals surface area contributed by atoms with Crippen LogP contribution < -0.4 is 4.74 Å². The van der Waals surface area contributed by atoms with Crippen LogP contribution in [0.1, 0.15) is 24.6 Å². The van der Waals surface area contributed by atoms with Crippen molar-refractivity contribution in [3.05, 3.63) is 60.4 Å². The van der Waals surface area contributed by atoms with Crippen molar-refractivity contribution in [2.24, 2.45) is 0 Å². The first-order valence-corrected chi connectivity index (χ1v) is 6.51. The van der Waals surface area contributed by atoms with Crippen LogP contribution in [0.2, 0.25) is 0 Å². The van der Waals surface area contributed by atoms with E-state index in [9.17, 15) is 9.59 Å². The van der Waals surface area contributed by atoms with Gasteiger partial charge in [-0.05, 0) is 24.3 Å². The molecule has 0 spiro atoms. The molecule has 0 saturated carbocycles. The second kappa shape index (κ2) is 7.19. The van der Waals surface area contributed by atoms with Gasteiger partial charge in [0.25, 0.3) is 0 Å². The number of aliphatic carboxylic acids is 1. The van der Waals surface area contributed by atoms with Crippen molar-refractivity contribution in [1.82, 2.24) is 4.98 Å². The lowest BCUT2D eigenvalue weighted by Gasteiger charge is -2.17. The van der Waals surface area contributed by atoms with E-state index < -0.39 is 24.3 Å². The summed E-state index contributed by atoms with van der Waals surface area (Å²) in [5.41, 5.74) is 0.597. The Morgan fingerprint density at radius 2 is 1.81 bits per heavy atom. The summed E-state index contributed by atoms with van der Waals surface area (Å²) in [5, 5.41) is 8.68. The molecule has 1 N–H and O–H groups in total. The van der Waals surface area contributed by atoms with Crippen LogP contribution in [0, 0.1) is 0 Å². The van der Waals surface area contributed by atoms with E-state index in [0.29, 0.717) is 11.4 Å². The molecule has 0 aliphatic heterocycles. The first-order chi connectivity index (χ1) is 10.1. The lowest BCUT2D eigenvalue weighted by Crippen LogP contribution is -2.16. The van der Waals surface area contributed by atoms with Crippen molar-refractivity contribution in [1.29, 1.82) is 0 Å². The molecule has 0 aliphatic carbocycles. The normalized spacial score (nSPS) is 11.6. The van der Waals surface area contributed by atoms with Crippen LogP contribution in [0.4, 0.5) is 0 Å². The van der Waals surface area contributed by atoms with E-state index in [1.807, 2.05) is 18.2 Å². The largest absolute Gasteiger partial charge is 0.484 e. The highest BCUT2D eigenvalue weighted by Gasteiger charge is 2.20. The number of benzene rings is 1. The minimum Gasteiger partial charge on any atom is -0.484 e. The topological polar surface area (TPSA) is 76.5 Å². The van der Waals surface area contributed by atoms with E-state index in [2.05, 4.69) is 4.98 Å². The molecule has 1 aromatic heterocycles. The average Bonchev–Trinajstić information content (AvgIpc) is 2.48. The number of pyridine rings is 1. The molecule has 0 fully saturated rings. The Morgan fingerprint density at radius 1 is 1.10 bits per heavy atom. The zero-order chi connectivity index (χ0) is 15.1. The quantitative estimate of drug-likeness (QED) is 0.791. The minimum absolute atomic E-state index is 0.0296. The fraction of sp³-hybridized carbons (Fsp3) is 0.188. The number of para-hydroxylation sites is 1. The Bertz CT molecular complexity index is 598. The van der Waals surface area contributed by atoms with Gasteiger partial charge in [0.15, 0.2) is 0 Å². The van der Waals surface area contributed by atoms with Gasteiger partial charge in [-0.1, -0.05) is 24.3 Å². The summed E-state index contributed by atoms with van der Waals surface area (Å²) in [6.07, 6.45) is 0.471. The molecule has 2 rings (SSSR count).